The number of likely N-dealkylation sites (tertiary alicyclic amines) is 1. The molecule has 1 amide bonds. The second kappa shape index (κ2) is 8.09. The molecule has 5 nitrogen and oxygen atoms in total. The minimum atomic E-state index is 0.0611. The van der Waals surface area contributed by atoms with Gasteiger partial charge in [-0.2, -0.15) is 4.73 Å². The molecule has 1 saturated heterocycles. The Morgan fingerprint density at radius 2 is 1.93 bits per heavy atom. The van der Waals surface area contributed by atoms with Crippen LogP contribution in [0.3, 0.4) is 0 Å². The number of carbonyl (C=O) groups excluding carboxylic acids is 1. The Labute approximate surface area is 160 Å². The molecule has 2 aliphatic rings. The van der Waals surface area contributed by atoms with E-state index >= 15 is 0 Å². The first-order chi connectivity index (χ1) is 13.2. The zero-order valence-electron chi connectivity index (χ0n) is 15.7. The normalized spacial score (nSPS) is 18.1. The summed E-state index contributed by atoms with van der Waals surface area (Å²) in [5.74, 6) is 0.343. The highest BCUT2D eigenvalue weighted by Crippen LogP contribution is 2.28. The number of pyridine rings is 1. The van der Waals surface area contributed by atoms with E-state index in [4.69, 9.17) is 0 Å². The number of nitrogens with zero attached hydrogens (tertiary/aromatic N) is 2. The van der Waals surface area contributed by atoms with E-state index in [0.717, 1.165) is 54.9 Å². The molecule has 4 rings (SSSR count). The predicted octanol–water partition coefficient (Wildman–Crippen LogP) is 3.02. The highest BCUT2D eigenvalue weighted by molar-refractivity contribution is 5.93. The fourth-order valence-corrected chi connectivity index (χ4v) is 4.44. The Kier molecular flexibility index (Phi) is 5.39. The van der Waals surface area contributed by atoms with Gasteiger partial charge in [0.15, 0.2) is 11.9 Å². The van der Waals surface area contributed by atoms with Crippen molar-refractivity contribution in [2.24, 2.45) is 0 Å². The van der Waals surface area contributed by atoms with E-state index in [0.29, 0.717) is 6.54 Å². The molecule has 1 N–H and O–H groups in total. The van der Waals surface area contributed by atoms with Crippen molar-refractivity contribution < 1.29 is 9.52 Å². The second-order valence-corrected chi connectivity index (χ2v) is 7.70. The highest BCUT2D eigenvalue weighted by atomic mass is 16.5. The van der Waals surface area contributed by atoms with Crippen LogP contribution in [0.15, 0.2) is 42.6 Å². The van der Waals surface area contributed by atoms with E-state index < -0.39 is 0 Å². The quantitative estimate of drug-likeness (QED) is 0.669. The van der Waals surface area contributed by atoms with Gasteiger partial charge in [-0.1, -0.05) is 18.2 Å². The largest absolute Gasteiger partial charge is 0.618 e. The number of hydrogen-bond acceptors (Lipinski definition) is 3. The number of carbonyl (C=O) groups is 1. The van der Waals surface area contributed by atoms with Crippen molar-refractivity contribution in [3.05, 3.63) is 64.6 Å². The van der Waals surface area contributed by atoms with Gasteiger partial charge >= 0.3 is 0 Å². The fraction of sp³-hybridized carbons (Fsp3) is 0.455. The van der Waals surface area contributed by atoms with Crippen LogP contribution in [0.2, 0.25) is 0 Å². The van der Waals surface area contributed by atoms with E-state index in [-0.39, 0.29) is 11.8 Å². The number of nitrogens with one attached hydrogen (secondary N) is 1. The lowest BCUT2D eigenvalue weighted by atomic mass is 9.90. The van der Waals surface area contributed by atoms with Crippen LogP contribution in [-0.4, -0.2) is 30.4 Å². The third kappa shape index (κ3) is 4.14. The summed E-state index contributed by atoms with van der Waals surface area (Å²) in [4.78, 5) is 14.8. The van der Waals surface area contributed by atoms with Crippen LogP contribution in [0.25, 0.3) is 0 Å². The van der Waals surface area contributed by atoms with Crippen LogP contribution in [0, 0.1) is 5.21 Å². The second-order valence-electron chi connectivity index (χ2n) is 7.70. The summed E-state index contributed by atoms with van der Waals surface area (Å²) in [6, 6.07) is 11.8. The zero-order valence-corrected chi connectivity index (χ0v) is 15.7. The number of aryl methyl sites for hydroxylation is 1. The molecule has 0 unspecified atom stereocenters. The third-order valence-corrected chi connectivity index (χ3v) is 5.90. The van der Waals surface area contributed by atoms with Crippen molar-refractivity contribution in [1.82, 2.24) is 4.90 Å². The molecular weight excluding hydrogens is 338 g/mol. The Bertz CT molecular complexity index is 813. The molecule has 142 valence electrons. The van der Waals surface area contributed by atoms with Crippen LogP contribution in [0.1, 0.15) is 48.4 Å². The molecule has 2 aromatic rings. The smallest absolute Gasteiger partial charge is 0.238 e. The Balaban J connectivity index is 1.32. The molecule has 2 heterocycles. The molecule has 1 fully saturated rings. The number of anilines is 1. The lowest BCUT2D eigenvalue weighted by molar-refractivity contribution is -0.616. The number of aromatic nitrogens is 1. The topological polar surface area (TPSA) is 59.3 Å². The first-order valence-corrected chi connectivity index (χ1v) is 10.0. The fourth-order valence-electron chi connectivity index (χ4n) is 4.44. The Morgan fingerprint density at radius 1 is 1.11 bits per heavy atom. The Morgan fingerprint density at radius 3 is 2.74 bits per heavy atom. The van der Waals surface area contributed by atoms with Gasteiger partial charge in [-0.3, -0.25) is 9.69 Å². The average Bonchev–Trinajstić information content (AvgIpc) is 2.69. The summed E-state index contributed by atoms with van der Waals surface area (Å²) in [5.41, 5.74) is 4.54. The molecule has 0 atom stereocenters. The van der Waals surface area contributed by atoms with Crippen LogP contribution in [0.5, 0.6) is 0 Å². The molecule has 1 aliphatic heterocycles. The molecule has 0 spiro atoms. The van der Waals surface area contributed by atoms with Crippen molar-refractivity contribution in [3.63, 3.8) is 0 Å². The lowest BCUT2D eigenvalue weighted by Gasteiger charge is -2.30. The number of benzene rings is 1. The molecule has 5 heteroatoms. The maximum atomic E-state index is 12.6. The summed E-state index contributed by atoms with van der Waals surface area (Å²) in [6.45, 7) is 2.11. The molecule has 0 radical (unpaired) electrons. The maximum Gasteiger partial charge on any atom is 0.238 e. The number of rotatable bonds is 4. The van der Waals surface area contributed by atoms with Crippen molar-refractivity contribution in [3.8, 4) is 0 Å². The molecule has 0 saturated carbocycles. The summed E-state index contributed by atoms with van der Waals surface area (Å²) < 4.78 is 0.978. The lowest BCUT2D eigenvalue weighted by Crippen LogP contribution is -2.41. The number of piperidine rings is 1. The van der Waals surface area contributed by atoms with E-state index in [2.05, 4.69) is 16.3 Å². The molecule has 27 heavy (non-hydrogen) atoms. The van der Waals surface area contributed by atoms with E-state index in [1.165, 1.54) is 24.0 Å². The summed E-state index contributed by atoms with van der Waals surface area (Å²) in [6.07, 6.45) is 8.02. The van der Waals surface area contributed by atoms with Crippen LogP contribution in [-0.2, 0) is 17.6 Å². The molecule has 1 aromatic carbocycles. The summed E-state index contributed by atoms with van der Waals surface area (Å²) >= 11 is 0. The SMILES string of the molecule is O=C(CN1CCC(c2cccc[n+]2[O-])CC1)Nc1cccc2c1CCCC2. The van der Waals surface area contributed by atoms with Gasteiger partial charge in [0, 0.05) is 23.7 Å². The van der Waals surface area contributed by atoms with Crippen molar-refractivity contribution >= 4 is 11.6 Å². The van der Waals surface area contributed by atoms with Crippen molar-refractivity contribution in [2.45, 2.75) is 44.4 Å². The van der Waals surface area contributed by atoms with Gasteiger partial charge in [-0.05, 0) is 68.8 Å². The van der Waals surface area contributed by atoms with Crippen molar-refractivity contribution in [2.75, 3.05) is 25.0 Å². The minimum absolute atomic E-state index is 0.0611. The first-order valence-electron chi connectivity index (χ1n) is 10.0. The van der Waals surface area contributed by atoms with Gasteiger partial charge in [0.05, 0.1) is 6.54 Å². The number of hydrogen-bond donors (Lipinski definition) is 1. The van der Waals surface area contributed by atoms with Gasteiger partial charge in [-0.25, -0.2) is 0 Å². The van der Waals surface area contributed by atoms with E-state index in [1.807, 2.05) is 24.3 Å². The van der Waals surface area contributed by atoms with Crippen LogP contribution < -0.4 is 10.0 Å². The highest BCUT2D eigenvalue weighted by Gasteiger charge is 2.26. The standard InChI is InChI=1S/C22H27N3O2/c26-22(23-20-9-5-7-17-6-1-2-8-19(17)20)16-24-14-11-18(12-15-24)21-10-3-4-13-25(21)27/h3-5,7,9-10,13,18H,1-2,6,8,11-12,14-16H2,(H,23,26). The van der Waals surface area contributed by atoms with E-state index in [9.17, 15) is 10.0 Å². The summed E-state index contributed by atoms with van der Waals surface area (Å²) in [7, 11) is 0. The zero-order chi connectivity index (χ0) is 18.6. The first kappa shape index (κ1) is 18.0. The van der Waals surface area contributed by atoms with Crippen LogP contribution >= 0.6 is 0 Å². The number of amides is 1. The molecule has 1 aromatic heterocycles. The predicted molar refractivity (Wildman–Crippen MR) is 106 cm³/mol. The van der Waals surface area contributed by atoms with Gasteiger partial charge in [0.2, 0.25) is 5.91 Å². The van der Waals surface area contributed by atoms with Gasteiger partial charge < -0.3 is 10.5 Å². The molecular formula is C22H27N3O2. The van der Waals surface area contributed by atoms with Crippen molar-refractivity contribution in [1.29, 1.82) is 0 Å². The average molecular weight is 365 g/mol. The van der Waals surface area contributed by atoms with E-state index in [1.54, 1.807) is 12.3 Å². The van der Waals surface area contributed by atoms with Gasteiger partial charge in [-0.15, -0.1) is 0 Å². The van der Waals surface area contributed by atoms with Gasteiger partial charge in [0.25, 0.3) is 0 Å². The summed E-state index contributed by atoms with van der Waals surface area (Å²) in [5, 5.41) is 15.1. The van der Waals surface area contributed by atoms with Gasteiger partial charge in [0.1, 0.15) is 0 Å². The monoisotopic (exact) mass is 365 g/mol. The maximum absolute atomic E-state index is 12.6. The molecule has 0 bridgehead atoms. The van der Waals surface area contributed by atoms with Crippen LogP contribution in [0.4, 0.5) is 5.69 Å². The number of fused-ring (bicyclic) bond motifs is 1. The third-order valence-electron chi connectivity index (χ3n) is 5.90. The molecule has 1 aliphatic carbocycles. The minimum Gasteiger partial charge on any atom is -0.618 e. The Hall–Kier alpha value is -2.40.